The van der Waals surface area contributed by atoms with Crippen LogP contribution < -0.4 is 4.90 Å². The van der Waals surface area contributed by atoms with E-state index in [-0.39, 0.29) is 5.91 Å². The van der Waals surface area contributed by atoms with E-state index in [1.807, 2.05) is 23.9 Å². The fourth-order valence-electron chi connectivity index (χ4n) is 1.87. The minimum atomic E-state index is 0.0242. The zero-order valence-corrected chi connectivity index (χ0v) is 12.9. The van der Waals surface area contributed by atoms with Crippen molar-refractivity contribution in [1.29, 1.82) is 0 Å². The standard InChI is InChI=1S/C14H22ClN3O/c1-5-7-18(8-6-2)14(19)11-9-12(15)16-13(10-11)17(3)4/h9-10H,5-8H2,1-4H3. The Balaban J connectivity index is 3.02. The maximum Gasteiger partial charge on any atom is 0.254 e. The van der Waals surface area contributed by atoms with E-state index < -0.39 is 0 Å². The third-order valence-corrected chi connectivity index (χ3v) is 2.95. The van der Waals surface area contributed by atoms with Crippen molar-refractivity contribution in [3.05, 3.63) is 22.8 Å². The van der Waals surface area contributed by atoms with Gasteiger partial charge in [-0.2, -0.15) is 0 Å². The monoisotopic (exact) mass is 283 g/mol. The van der Waals surface area contributed by atoms with Crippen LogP contribution in [0.5, 0.6) is 0 Å². The normalized spacial score (nSPS) is 10.4. The minimum absolute atomic E-state index is 0.0242. The first-order valence-corrected chi connectivity index (χ1v) is 7.01. The van der Waals surface area contributed by atoms with Gasteiger partial charge < -0.3 is 9.80 Å². The Morgan fingerprint density at radius 1 is 1.21 bits per heavy atom. The number of anilines is 1. The number of rotatable bonds is 6. The summed E-state index contributed by atoms with van der Waals surface area (Å²) in [5.74, 6) is 0.722. The van der Waals surface area contributed by atoms with Crippen LogP contribution in [0.15, 0.2) is 12.1 Å². The van der Waals surface area contributed by atoms with E-state index in [2.05, 4.69) is 18.8 Å². The molecule has 0 aliphatic rings. The number of halogens is 1. The molecule has 1 heterocycles. The third-order valence-electron chi connectivity index (χ3n) is 2.76. The van der Waals surface area contributed by atoms with Crippen LogP contribution in [-0.2, 0) is 0 Å². The average Bonchev–Trinajstić information content (AvgIpc) is 2.37. The lowest BCUT2D eigenvalue weighted by molar-refractivity contribution is 0.0755. The van der Waals surface area contributed by atoms with E-state index >= 15 is 0 Å². The van der Waals surface area contributed by atoms with E-state index in [1.54, 1.807) is 12.1 Å². The lowest BCUT2D eigenvalue weighted by Gasteiger charge is -2.22. The molecule has 1 aromatic rings. The molecule has 0 saturated heterocycles. The summed E-state index contributed by atoms with van der Waals surface area (Å²) in [6.45, 7) is 5.68. The van der Waals surface area contributed by atoms with Crippen LogP contribution in [-0.4, -0.2) is 43.0 Å². The molecular formula is C14H22ClN3O. The van der Waals surface area contributed by atoms with Crippen molar-refractivity contribution in [3.8, 4) is 0 Å². The van der Waals surface area contributed by atoms with Gasteiger partial charge in [0.15, 0.2) is 0 Å². The molecular weight excluding hydrogens is 262 g/mol. The fraction of sp³-hybridized carbons (Fsp3) is 0.571. The first-order valence-electron chi connectivity index (χ1n) is 6.63. The van der Waals surface area contributed by atoms with Crippen LogP contribution in [0, 0.1) is 0 Å². The molecule has 19 heavy (non-hydrogen) atoms. The minimum Gasteiger partial charge on any atom is -0.363 e. The fourth-order valence-corrected chi connectivity index (χ4v) is 2.08. The Labute approximate surface area is 120 Å². The molecule has 0 atom stereocenters. The Hall–Kier alpha value is -1.29. The van der Waals surface area contributed by atoms with Gasteiger partial charge in [0.2, 0.25) is 0 Å². The molecule has 0 fully saturated rings. The number of pyridine rings is 1. The van der Waals surface area contributed by atoms with Crippen LogP contribution >= 0.6 is 11.6 Å². The lowest BCUT2D eigenvalue weighted by atomic mass is 10.2. The van der Waals surface area contributed by atoms with Gasteiger partial charge in [-0.3, -0.25) is 4.79 Å². The van der Waals surface area contributed by atoms with Crippen molar-refractivity contribution in [1.82, 2.24) is 9.88 Å². The Morgan fingerprint density at radius 2 is 1.79 bits per heavy atom. The molecule has 1 amide bonds. The predicted octanol–water partition coefficient (Wildman–Crippen LogP) is 3.06. The summed E-state index contributed by atoms with van der Waals surface area (Å²) < 4.78 is 0. The number of amides is 1. The van der Waals surface area contributed by atoms with Crippen LogP contribution in [0.2, 0.25) is 5.15 Å². The van der Waals surface area contributed by atoms with E-state index in [0.29, 0.717) is 16.5 Å². The highest BCUT2D eigenvalue weighted by atomic mass is 35.5. The Bertz CT molecular complexity index is 429. The zero-order chi connectivity index (χ0) is 14.4. The van der Waals surface area contributed by atoms with Gasteiger partial charge in [0.25, 0.3) is 5.91 Å². The highest BCUT2D eigenvalue weighted by Crippen LogP contribution is 2.18. The highest BCUT2D eigenvalue weighted by molar-refractivity contribution is 6.29. The molecule has 0 saturated carbocycles. The number of aromatic nitrogens is 1. The molecule has 5 heteroatoms. The van der Waals surface area contributed by atoms with Gasteiger partial charge in [0, 0.05) is 32.7 Å². The van der Waals surface area contributed by atoms with Gasteiger partial charge in [-0.05, 0) is 25.0 Å². The van der Waals surface area contributed by atoms with E-state index in [9.17, 15) is 4.79 Å². The molecule has 0 unspecified atom stereocenters. The molecule has 1 rings (SSSR count). The lowest BCUT2D eigenvalue weighted by Crippen LogP contribution is -2.32. The number of carbonyl (C=O) groups is 1. The second-order valence-electron chi connectivity index (χ2n) is 4.72. The summed E-state index contributed by atoms with van der Waals surface area (Å²) in [4.78, 5) is 20.4. The smallest absolute Gasteiger partial charge is 0.254 e. The first-order chi connectivity index (χ1) is 8.99. The molecule has 0 aliphatic heterocycles. The SMILES string of the molecule is CCCN(CCC)C(=O)c1cc(Cl)nc(N(C)C)c1. The quantitative estimate of drug-likeness (QED) is 0.753. The molecule has 0 spiro atoms. The molecule has 0 aliphatic carbocycles. The Kier molecular flexibility index (Phi) is 6.09. The maximum atomic E-state index is 12.5. The van der Waals surface area contributed by atoms with E-state index in [4.69, 9.17) is 11.6 Å². The topological polar surface area (TPSA) is 36.4 Å². The molecule has 106 valence electrons. The van der Waals surface area contributed by atoms with Crippen molar-refractivity contribution in [2.45, 2.75) is 26.7 Å². The maximum absolute atomic E-state index is 12.5. The zero-order valence-electron chi connectivity index (χ0n) is 12.1. The first kappa shape index (κ1) is 15.8. The van der Waals surface area contributed by atoms with Crippen LogP contribution in [0.3, 0.4) is 0 Å². The third kappa shape index (κ3) is 4.39. The molecule has 0 bridgehead atoms. The number of nitrogens with zero attached hydrogens (tertiary/aromatic N) is 3. The molecule has 0 radical (unpaired) electrons. The number of hydrogen-bond donors (Lipinski definition) is 0. The van der Waals surface area contributed by atoms with Gasteiger partial charge in [0.1, 0.15) is 11.0 Å². The summed E-state index contributed by atoms with van der Waals surface area (Å²) in [6, 6.07) is 3.42. The highest BCUT2D eigenvalue weighted by Gasteiger charge is 2.16. The van der Waals surface area contributed by atoms with Gasteiger partial charge >= 0.3 is 0 Å². The summed E-state index contributed by atoms with van der Waals surface area (Å²) >= 11 is 5.99. The molecule has 4 nitrogen and oxygen atoms in total. The summed E-state index contributed by atoms with van der Waals surface area (Å²) in [6.07, 6.45) is 1.90. The van der Waals surface area contributed by atoms with Gasteiger partial charge in [-0.25, -0.2) is 4.98 Å². The van der Waals surface area contributed by atoms with Crippen molar-refractivity contribution in [2.24, 2.45) is 0 Å². The molecule has 1 aromatic heterocycles. The van der Waals surface area contributed by atoms with Gasteiger partial charge in [-0.15, -0.1) is 0 Å². The number of carbonyl (C=O) groups excluding carboxylic acids is 1. The summed E-state index contributed by atoms with van der Waals surface area (Å²) in [5.41, 5.74) is 0.602. The van der Waals surface area contributed by atoms with Crippen molar-refractivity contribution in [2.75, 3.05) is 32.1 Å². The second-order valence-corrected chi connectivity index (χ2v) is 5.11. The van der Waals surface area contributed by atoms with Gasteiger partial charge in [0.05, 0.1) is 0 Å². The van der Waals surface area contributed by atoms with Crippen LogP contribution in [0.4, 0.5) is 5.82 Å². The van der Waals surface area contributed by atoms with Crippen LogP contribution in [0.1, 0.15) is 37.0 Å². The van der Waals surface area contributed by atoms with E-state index in [1.165, 1.54) is 0 Å². The van der Waals surface area contributed by atoms with Crippen molar-refractivity contribution in [3.63, 3.8) is 0 Å². The largest absolute Gasteiger partial charge is 0.363 e. The summed E-state index contributed by atoms with van der Waals surface area (Å²) in [7, 11) is 3.76. The van der Waals surface area contributed by atoms with Crippen molar-refractivity contribution >= 4 is 23.3 Å². The second kappa shape index (κ2) is 7.34. The van der Waals surface area contributed by atoms with Crippen LogP contribution in [0.25, 0.3) is 0 Å². The predicted molar refractivity (Wildman–Crippen MR) is 80.1 cm³/mol. The summed E-state index contributed by atoms with van der Waals surface area (Å²) in [5, 5.41) is 0.350. The van der Waals surface area contributed by atoms with Gasteiger partial charge in [-0.1, -0.05) is 25.4 Å². The molecule has 0 N–H and O–H groups in total. The average molecular weight is 284 g/mol. The Morgan fingerprint density at radius 3 is 2.26 bits per heavy atom. The number of hydrogen-bond acceptors (Lipinski definition) is 3. The van der Waals surface area contributed by atoms with Crippen molar-refractivity contribution < 1.29 is 4.79 Å². The molecule has 0 aromatic carbocycles. The van der Waals surface area contributed by atoms with E-state index in [0.717, 1.165) is 25.9 Å².